The lowest BCUT2D eigenvalue weighted by atomic mass is 9.94. The minimum absolute atomic E-state index is 0. The molecule has 0 aromatic heterocycles. The molecule has 0 radical (unpaired) electrons. The lowest BCUT2D eigenvalue weighted by Gasteiger charge is -2.30. The summed E-state index contributed by atoms with van der Waals surface area (Å²) in [6.45, 7) is 4.15. The molecule has 0 saturated carbocycles. The summed E-state index contributed by atoms with van der Waals surface area (Å²) in [5.41, 5.74) is 7.11. The first-order valence-electron chi connectivity index (χ1n) is 7.91. The standard InChI is InChI=1S/C17H25N3O3.ClH/c1-13(16(18)14-6-4-3-5-7-14)17(22)19(2)12-15(21)20-8-10-23-11-9-20;/h3-7,13,16H,8-12,18H2,1-2H3;1H. The van der Waals surface area contributed by atoms with Crippen molar-refractivity contribution in [3.05, 3.63) is 35.9 Å². The molecule has 2 N–H and O–H groups in total. The zero-order chi connectivity index (χ0) is 16.8. The van der Waals surface area contributed by atoms with Gasteiger partial charge in [-0.15, -0.1) is 12.4 Å². The molecule has 2 amide bonds. The van der Waals surface area contributed by atoms with Crippen LogP contribution in [0.1, 0.15) is 18.5 Å². The van der Waals surface area contributed by atoms with Gasteiger partial charge in [0.05, 0.1) is 25.7 Å². The second kappa shape index (κ2) is 9.61. The van der Waals surface area contributed by atoms with Gasteiger partial charge in [0, 0.05) is 26.2 Å². The van der Waals surface area contributed by atoms with Gasteiger partial charge in [-0.2, -0.15) is 0 Å². The third-order valence-electron chi connectivity index (χ3n) is 4.23. The van der Waals surface area contributed by atoms with Crippen molar-refractivity contribution in [2.24, 2.45) is 11.7 Å². The number of hydrogen-bond donors (Lipinski definition) is 1. The molecule has 2 unspecified atom stereocenters. The molecule has 1 saturated heterocycles. The van der Waals surface area contributed by atoms with Crippen LogP contribution < -0.4 is 5.73 Å². The third-order valence-corrected chi connectivity index (χ3v) is 4.23. The first-order chi connectivity index (χ1) is 11.0. The summed E-state index contributed by atoms with van der Waals surface area (Å²) in [6.07, 6.45) is 0. The SMILES string of the molecule is CC(C(=O)N(C)CC(=O)N1CCOCC1)C(N)c1ccccc1.Cl. The van der Waals surface area contributed by atoms with Gasteiger partial charge in [0.2, 0.25) is 11.8 Å². The lowest BCUT2D eigenvalue weighted by Crippen LogP contribution is -2.47. The predicted molar refractivity (Wildman–Crippen MR) is 94.8 cm³/mol. The maximum Gasteiger partial charge on any atom is 0.242 e. The Balaban J connectivity index is 0.00000288. The number of rotatable bonds is 5. The summed E-state index contributed by atoms with van der Waals surface area (Å²) in [4.78, 5) is 27.9. The number of amides is 2. The van der Waals surface area contributed by atoms with E-state index in [0.29, 0.717) is 26.3 Å². The lowest BCUT2D eigenvalue weighted by molar-refractivity contribution is -0.143. The molecule has 24 heavy (non-hydrogen) atoms. The van der Waals surface area contributed by atoms with E-state index in [2.05, 4.69) is 0 Å². The number of halogens is 1. The topological polar surface area (TPSA) is 75.9 Å². The van der Waals surface area contributed by atoms with E-state index in [1.807, 2.05) is 30.3 Å². The quantitative estimate of drug-likeness (QED) is 0.857. The van der Waals surface area contributed by atoms with Gasteiger partial charge in [0.15, 0.2) is 0 Å². The molecule has 1 aromatic carbocycles. The molecule has 7 heteroatoms. The predicted octanol–water partition coefficient (Wildman–Crippen LogP) is 1.06. The Kier molecular flexibility index (Phi) is 8.18. The van der Waals surface area contributed by atoms with Crippen molar-refractivity contribution in [3.63, 3.8) is 0 Å². The molecule has 1 aliphatic heterocycles. The summed E-state index contributed by atoms with van der Waals surface area (Å²) >= 11 is 0. The Morgan fingerprint density at radius 3 is 2.42 bits per heavy atom. The number of likely N-dealkylation sites (N-methyl/N-ethyl adjacent to an activating group) is 1. The Morgan fingerprint density at radius 2 is 1.83 bits per heavy atom. The van der Waals surface area contributed by atoms with Crippen LogP contribution in [0.4, 0.5) is 0 Å². The van der Waals surface area contributed by atoms with Gasteiger partial charge in [-0.05, 0) is 5.56 Å². The Morgan fingerprint density at radius 1 is 1.25 bits per heavy atom. The minimum atomic E-state index is -0.389. The van der Waals surface area contributed by atoms with Gasteiger partial charge < -0.3 is 20.3 Å². The van der Waals surface area contributed by atoms with Gasteiger partial charge >= 0.3 is 0 Å². The number of nitrogens with two attached hydrogens (primary N) is 1. The normalized spacial score (nSPS) is 16.7. The molecule has 0 bridgehead atoms. The first-order valence-corrected chi connectivity index (χ1v) is 7.91. The fraction of sp³-hybridized carbons (Fsp3) is 0.529. The van der Waals surface area contributed by atoms with Crippen LogP contribution in [0.25, 0.3) is 0 Å². The van der Waals surface area contributed by atoms with Crippen LogP contribution in [-0.2, 0) is 14.3 Å². The van der Waals surface area contributed by atoms with Crippen LogP contribution >= 0.6 is 12.4 Å². The summed E-state index contributed by atoms with van der Waals surface area (Å²) in [5.74, 6) is -0.563. The van der Waals surface area contributed by atoms with Gasteiger partial charge in [-0.3, -0.25) is 9.59 Å². The van der Waals surface area contributed by atoms with Crippen LogP contribution in [0.3, 0.4) is 0 Å². The van der Waals surface area contributed by atoms with E-state index < -0.39 is 0 Å². The number of morpholine rings is 1. The van der Waals surface area contributed by atoms with Gasteiger partial charge in [0.25, 0.3) is 0 Å². The van der Waals surface area contributed by atoms with E-state index in [0.717, 1.165) is 5.56 Å². The fourth-order valence-electron chi connectivity index (χ4n) is 2.66. The molecule has 1 aliphatic rings. The summed E-state index contributed by atoms with van der Waals surface area (Å²) < 4.78 is 5.23. The fourth-order valence-corrected chi connectivity index (χ4v) is 2.66. The van der Waals surface area contributed by atoms with Crippen molar-refractivity contribution in [2.45, 2.75) is 13.0 Å². The van der Waals surface area contributed by atoms with Crippen molar-refractivity contribution in [1.82, 2.24) is 9.80 Å². The Hall–Kier alpha value is -1.63. The molecule has 134 valence electrons. The van der Waals surface area contributed by atoms with Crippen molar-refractivity contribution in [2.75, 3.05) is 39.9 Å². The Bertz CT molecular complexity index is 535. The monoisotopic (exact) mass is 355 g/mol. The number of ether oxygens (including phenoxy) is 1. The van der Waals surface area contributed by atoms with Gasteiger partial charge in [0.1, 0.15) is 0 Å². The van der Waals surface area contributed by atoms with Gasteiger partial charge in [-0.25, -0.2) is 0 Å². The van der Waals surface area contributed by atoms with E-state index in [9.17, 15) is 9.59 Å². The zero-order valence-corrected chi connectivity index (χ0v) is 15.0. The number of carbonyl (C=O) groups excluding carboxylic acids is 2. The molecule has 0 spiro atoms. The molecule has 1 fully saturated rings. The van der Waals surface area contributed by atoms with Crippen molar-refractivity contribution >= 4 is 24.2 Å². The second-order valence-electron chi connectivity index (χ2n) is 5.91. The highest BCUT2D eigenvalue weighted by molar-refractivity contribution is 5.86. The molecule has 1 aromatic rings. The van der Waals surface area contributed by atoms with Crippen LogP contribution in [0.15, 0.2) is 30.3 Å². The maximum atomic E-state index is 12.5. The van der Waals surface area contributed by atoms with Crippen molar-refractivity contribution in [1.29, 1.82) is 0 Å². The average Bonchev–Trinajstić information content (AvgIpc) is 2.61. The Labute approximate surface area is 149 Å². The van der Waals surface area contributed by atoms with Gasteiger partial charge in [-0.1, -0.05) is 37.3 Å². The third kappa shape index (κ3) is 5.19. The highest BCUT2D eigenvalue weighted by atomic mass is 35.5. The molecule has 0 aliphatic carbocycles. The minimum Gasteiger partial charge on any atom is -0.378 e. The zero-order valence-electron chi connectivity index (χ0n) is 14.2. The molecule has 1 heterocycles. The average molecular weight is 356 g/mol. The highest BCUT2D eigenvalue weighted by Crippen LogP contribution is 2.20. The van der Waals surface area contributed by atoms with E-state index in [1.165, 1.54) is 4.90 Å². The van der Waals surface area contributed by atoms with E-state index in [4.69, 9.17) is 10.5 Å². The summed E-state index contributed by atoms with van der Waals surface area (Å²) in [5, 5.41) is 0. The maximum absolute atomic E-state index is 12.5. The van der Waals surface area contributed by atoms with Crippen LogP contribution in [0.5, 0.6) is 0 Å². The van der Waals surface area contributed by atoms with Crippen molar-refractivity contribution < 1.29 is 14.3 Å². The van der Waals surface area contributed by atoms with Crippen LogP contribution in [0, 0.1) is 5.92 Å². The molecule has 6 nitrogen and oxygen atoms in total. The number of benzene rings is 1. The van der Waals surface area contributed by atoms with Crippen LogP contribution in [-0.4, -0.2) is 61.5 Å². The number of nitrogens with zero attached hydrogens (tertiary/aromatic N) is 2. The first kappa shape index (κ1) is 20.4. The van der Waals surface area contributed by atoms with E-state index in [-0.39, 0.29) is 42.7 Å². The molecular weight excluding hydrogens is 330 g/mol. The molecule has 2 rings (SSSR count). The number of hydrogen-bond acceptors (Lipinski definition) is 4. The van der Waals surface area contributed by atoms with Crippen molar-refractivity contribution in [3.8, 4) is 0 Å². The summed E-state index contributed by atoms with van der Waals surface area (Å²) in [6, 6.07) is 9.15. The van der Waals surface area contributed by atoms with E-state index >= 15 is 0 Å². The summed E-state index contributed by atoms with van der Waals surface area (Å²) in [7, 11) is 1.65. The highest BCUT2D eigenvalue weighted by Gasteiger charge is 2.27. The number of carbonyl (C=O) groups is 2. The smallest absolute Gasteiger partial charge is 0.242 e. The van der Waals surface area contributed by atoms with Crippen LogP contribution in [0.2, 0.25) is 0 Å². The largest absolute Gasteiger partial charge is 0.378 e. The molecular formula is C17H26ClN3O3. The second-order valence-corrected chi connectivity index (χ2v) is 5.91. The van der Waals surface area contributed by atoms with E-state index in [1.54, 1.807) is 18.9 Å². The molecule has 2 atom stereocenters.